The normalized spacial score (nSPS) is 16.4. The number of hydrogen-bond donors (Lipinski definition) is 0. The summed E-state index contributed by atoms with van der Waals surface area (Å²) in [5.41, 5.74) is 1.04. The van der Waals surface area contributed by atoms with Gasteiger partial charge in [0.25, 0.3) is 0 Å². The van der Waals surface area contributed by atoms with Gasteiger partial charge in [-0.15, -0.1) is 0 Å². The minimum atomic E-state index is 0.858. The van der Waals surface area contributed by atoms with Gasteiger partial charge in [-0.3, -0.25) is 0 Å². The third-order valence-corrected chi connectivity index (χ3v) is 2.88. The van der Waals surface area contributed by atoms with E-state index >= 15 is 0 Å². The highest BCUT2D eigenvalue weighted by atomic mass is 15.2. The standard InChI is InChI=1S/C11H17N3/c1-9-6-7-12-11(13-9)14(2)8-10-4-3-5-10/h6-7,10H,3-5,8H2,1-2H3. The molecular formula is C11H17N3. The number of hydrogen-bond acceptors (Lipinski definition) is 3. The zero-order valence-electron chi connectivity index (χ0n) is 8.90. The molecule has 0 aromatic carbocycles. The lowest BCUT2D eigenvalue weighted by Crippen LogP contribution is -2.30. The lowest BCUT2D eigenvalue weighted by Gasteiger charge is -2.30. The third-order valence-electron chi connectivity index (χ3n) is 2.88. The smallest absolute Gasteiger partial charge is 0.225 e. The van der Waals surface area contributed by atoms with Crippen molar-refractivity contribution in [3.8, 4) is 0 Å². The first kappa shape index (κ1) is 9.44. The van der Waals surface area contributed by atoms with Gasteiger partial charge in [0.15, 0.2) is 0 Å². The molecule has 0 atom stereocenters. The molecule has 0 amide bonds. The molecule has 0 bridgehead atoms. The molecule has 0 aliphatic heterocycles. The van der Waals surface area contributed by atoms with Crippen LogP contribution < -0.4 is 4.90 Å². The van der Waals surface area contributed by atoms with Gasteiger partial charge in [0.1, 0.15) is 0 Å². The molecule has 0 N–H and O–H groups in total. The van der Waals surface area contributed by atoms with E-state index in [1.165, 1.54) is 19.3 Å². The van der Waals surface area contributed by atoms with Gasteiger partial charge in [-0.05, 0) is 31.7 Å². The largest absolute Gasteiger partial charge is 0.344 e. The fraction of sp³-hybridized carbons (Fsp3) is 0.636. The molecule has 1 fully saturated rings. The van der Waals surface area contributed by atoms with Gasteiger partial charge >= 0.3 is 0 Å². The second-order valence-electron chi connectivity index (χ2n) is 4.18. The fourth-order valence-corrected chi connectivity index (χ4v) is 1.76. The van der Waals surface area contributed by atoms with E-state index in [0.717, 1.165) is 24.1 Å². The van der Waals surface area contributed by atoms with Crippen molar-refractivity contribution in [3.63, 3.8) is 0 Å². The molecule has 1 aliphatic rings. The average molecular weight is 191 g/mol. The maximum atomic E-state index is 4.40. The van der Waals surface area contributed by atoms with Crippen LogP contribution in [-0.2, 0) is 0 Å². The average Bonchev–Trinajstić information content (AvgIpc) is 2.11. The Hall–Kier alpha value is -1.12. The Morgan fingerprint density at radius 2 is 2.29 bits per heavy atom. The van der Waals surface area contributed by atoms with Crippen molar-refractivity contribution in [1.82, 2.24) is 9.97 Å². The summed E-state index contributed by atoms with van der Waals surface area (Å²) in [5.74, 6) is 1.72. The first-order valence-electron chi connectivity index (χ1n) is 5.26. The number of aryl methyl sites for hydroxylation is 1. The van der Waals surface area contributed by atoms with E-state index in [0.29, 0.717) is 0 Å². The van der Waals surface area contributed by atoms with E-state index in [9.17, 15) is 0 Å². The van der Waals surface area contributed by atoms with Crippen molar-refractivity contribution in [2.24, 2.45) is 5.92 Å². The Labute approximate surface area is 85.2 Å². The topological polar surface area (TPSA) is 29.0 Å². The van der Waals surface area contributed by atoms with Crippen LogP contribution in [0.15, 0.2) is 12.3 Å². The molecule has 1 aromatic rings. The Balaban J connectivity index is 1.98. The molecule has 3 heteroatoms. The molecule has 0 radical (unpaired) electrons. The van der Waals surface area contributed by atoms with Crippen molar-refractivity contribution in [2.45, 2.75) is 26.2 Å². The van der Waals surface area contributed by atoms with Crippen LogP contribution in [0.4, 0.5) is 5.95 Å². The third kappa shape index (κ3) is 2.03. The van der Waals surface area contributed by atoms with Crippen LogP contribution in [0, 0.1) is 12.8 Å². The van der Waals surface area contributed by atoms with Crippen LogP contribution in [0.2, 0.25) is 0 Å². The van der Waals surface area contributed by atoms with E-state index in [-0.39, 0.29) is 0 Å². The van der Waals surface area contributed by atoms with Gasteiger partial charge in [-0.1, -0.05) is 6.42 Å². The lowest BCUT2D eigenvalue weighted by atomic mass is 9.85. The maximum absolute atomic E-state index is 4.40. The fourth-order valence-electron chi connectivity index (χ4n) is 1.76. The Morgan fingerprint density at radius 3 is 2.86 bits per heavy atom. The number of aromatic nitrogens is 2. The summed E-state index contributed by atoms with van der Waals surface area (Å²) < 4.78 is 0. The molecule has 2 rings (SSSR count). The van der Waals surface area contributed by atoms with E-state index in [1.54, 1.807) is 0 Å². The van der Waals surface area contributed by atoms with Gasteiger partial charge in [0.05, 0.1) is 0 Å². The second kappa shape index (κ2) is 3.95. The van der Waals surface area contributed by atoms with E-state index in [4.69, 9.17) is 0 Å². The predicted octanol–water partition coefficient (Wildman–Crippen LogP) is 2.02. The van der Waals surface area contributed by atoms with Crippen molar-refractivity contribution >= 4 is 5.95 Å². The molecule has 1 saturated carbocycles. The SMILES string of the molecule is Cc1ccnc(N(C)CC2CCC2)n1. The Morgan fingerprint density at radius 1 is 1.50 bits per heavy atom. The molecular weight excluding hydrogens is 174 g/mol. The van der Waals surface area contributed by atoms with Gasteiger partial charge in [-0.25, -0.2) is 9.97 Å². The minimum absolute atomic E-state index is 0.858. The van der Waals surface area contributed by atoms with E-state index in [1.807, 2.05) is 19.2 Å². The monoisotopic (exact) mass is 191 g/mol. The number of nitrogens with zero attached hydrogens (tertiary/aromatic N) is 3. The first-order valence-corrected chi connectivity index (χ1v) is 5.26. The Kier molecular flexibility index (Phi) is 2.66. The second-order valence-corrected chi connectivity index (χ2v) is 4.18. The van der Waals surface area contributed by atoms with E-state index < -0.39 is 0 Å². The van der Waals surface area contributed by atoms with Crippen LogP contribution in [0.25, 0.3) is 0 Å². The summed E-state index contributed by atoms with van der Waals surface area (Å²) in [5, 5.41) is 0. The molecule has 0 spiro atoms. The van der Waals surface area contributed by atoms with Crippen LogP contribution in [0.1, 0.15) is 25.0 Å². The quantitative estimate of drug-likeness (QED) is 0.732. The molecule has 1 aromatic heterocycles. The van der Waals surface area contributed by atoms with Crippen LogP contribution >= 0.6 is 0 Å². The summed E-state index contributed by atoms with van der Waals surface area (Å²) in [4.78, 5) is 10.8. The highest BCUT2D eigenvalue weighted by Gasteiger charge is 2.19. The van der Waals surface area contributed by atoms with Crippen molar-refractivity contribution in [1.29, 1.82) is 0 Å². The highest BCUT2D eigenvalue weighted by Crippen LogP contribution is 2.27. The number of anilines is 1. The van der Waals surface area contributed by atoms with Crippen molar-refractivity contribution in [2.75, 3.05) is 18.5 Å². The van der Waals surface area contributed by atoms with Crippen LogP contribution in [-0.4, -0.2) is 23.6 Å². The zero-order valence-corrected chi connectivity index (χ0v) is 8.90. The van der Waals surface area contributed by atoms with Crippen molar-refractivity contribution in [3.05, 3.63) is 18.0 Å². The van der Waals surface area contributed by atoms with Gasteiger partial charge < -0.3 is 4.90 Å². The van der Waals surface area contributed by atoms with Crippen LogP contribution in [0.5, 0.6) is 0 Å². The minimum Gasteiger partial charge on any atom is -0.344 e. The predicted molar refractivity (Wildman–Crippen MR) is 57.4 cm³/mol. The van der Waals surface area contributed by atoms with Crippen molar-refractivity contribution < 1.29 is 0 Å². The van der Waals surface area contributed by atoms with E-state index in [2.05, 4.69) is 21.9 Å². The highest BCUT2D eigenvalue weighted by molar-refractivity contribution is 5.28. The summed E-state index contributed by atoms with van der Waals surface area (Å²) in [6.07, 6.45) is 5.97. The zero-order chi connectivity index (χ0) is 9.97. The van der Waals surface area contributed by atoms with Crippen LogP contribution in [0.3, 0.4) is 0 Å². The summed E-state index contributed by atoms with van der Waals surface area (Å²) >= 11 is 0. The van der Waals surface area contributed by atoms with Gasteiger partial charge in [-0.2, -0.15) is 0 Å². The van der Waals surface area contributed by atoms with Gasteiger partial charge in [0, 0.05) is 25.5 Å². The first-order chi connectivity index (χ1) is 6.75. The summed E-state index contributed by atoms with van der Waals surface area (Å²) in [6, 6.07) is 1.93. The maximum Gasteiger partial charge on any atom is 0.225 e. The molecule has 14 heavy (non-hydrogen) atoms. The Bertz CT molecular complexity index is 307. The van der Waals surface area contributed by atoms with Gasteiger partial charge in [0.2, 0.25) is 5.95 Å². The molecule has 1 aliphatic carbocycles. The summed E-state index contributed by atoms with van der Waals surface area (Å²) in [7, 11) is 2.08. The molecule has 3 nitrogen and oxygen atoms in total. The number of rotatable bonds is 3. The molecule has 76 valence electrons. The molecule has 0 saturated heterocycles. The molecule has 0 unspecified atom stereocenters. The lowest BCUT2D eigenvalue weighted by molar-refractivity contribution is 0.320. The molecule has 1 heterocycles. The summed E-state index contributed by atoms with van der Waals surface area (Å²) in [6.45, 7) is 3.10.